The summed E-state index contributed by atoms with van der Waals surface area (Å²) in [5, 5.41) is 14.1. The molecule has 180 valence electrons. The second-order valence-electron chi connectivity index (χ2n) is 7.02. The fraction of sp³-hybridized carbons (Fsp3) is 0.524. The van der Waals surface area contributed by atoms with Gasteiger partial charge in [0.15, 0.2) is 5.78 Å². The van der Waals surface area contributed by atoms with Crippen molar-refractivity contribution in [2.45, 2.75) is 50.7 Å². The van der Waals surface area contributed by atoms with Crippen molar-refractivity contribution in [3.63, 3.8) is 0 Å². The Bertz CT molecular complexity index is 715. The van der Waals surface area contributed by atoms with E-state index in [0.717, 1.165) is 5.56 Å². The molecule has 11 heteroatoms. The molecule has 0 aliphatic carbocycles. The Kier molecular flexibility index (Phi) is 16.2. The molecule has 0 radical (unpaired) electrons. The summed E-state index contributed by atoms with van der Waals surface area (Å²) in [4.78, 5) is 45.4. The number of benzene rings is 1. The van der Waals surface area contributed by atoms with Crippen molar-refractivity contribution in [2.24, 2.45) is 11.5 Å². The van der Waals surface area contributed by atoms with Gasteiger partial charge in [0.05, 0.1) is 17.8 Å². The van der Waals surface area contributed by atoms with Gasteiger partial charge in [-0.15, -0.1) is 23.2 Å². The molecule has 0 spiro atoms. The van der Waals surface area contributed by atoms with Crippen LogP contribution in [-0.2, 0) is 25.6 Å². The van der Waals surface area contributed by atoms with E-state index in [9.17, 15) is 24.3 Å². The first-order valence-electron chi connectivity index (χ1n) is 10.1. The van der Waals surface area contributed by atoms with Crippen LogP contribution in [0.25, 0.3) is 0 Å². The van der Waals surface area contributed by atoms with Crippen LogP contribution in [0, 0.1) is 0 Å². The van der Waals surface area contributed by atoms with Gasteiger partial charge in [0.2, 0.25) is 11.8 Å². The minimum absolute atomic E-state index is 0.0312. The van der Waals surface area contributed by atoms with Crippen molar-refractivity contribution in [1.29, 1.82) is 0 Å². The predicted molar refractivity (Wildman–Crippen MR) is 125 cm³/mol. The Balaban J connectivity index is 0.00000140. The van der Waals surface area contributed by atoms with Crippen molar-refractivity contribution in [3.8, 4) is 0 Å². The number of hydrogen-bond donors (Lipinski definition) is 5. The Labute approximate surface area is 198 Å². The molecule has 0 saturated heterocycles. The molecule has 7 N–H and O–H groups in total. The van der Waals surface area contributed by atoms with E-state index in [1.54, 1.807) is 0 Å². The molecule has 0 fully saturated rings. The van der Waals surface area contributed by atoms with E-state index in [-0.39, 0.29) is 24.0 Å². The number of hydrogen-bond acceptors (Lipinski definition) is 6. The van der Waals surface area contributed by atoms with Gasteiger partial charge in [0.25, 0.3) is 0 Å². The summed E-state index contributed by atoms with van der Waals surface area (Å²) in [6, 6.07) is 6.61. The van der Waals surface area contributed by atoms with Gasteiger partial charge >= 0.3 is 5.97 Å². The summed E-state index contributed by atoms with van der Waals surface area (Å²) >= 11 is 10.0. The molecule has 0 heterocycles. The van der Waals surface area contributed by atoms with E-state index in [0.29, 0.717) is 25.8 Å². The first-order chi connectivity index (χ1) is 15.2. The topological polar surface area (TPSA) is 165 Å². The molecule has 9 nitrogen and oxygen atoms in total. The summed E-state index contributed by atoms with van der Waals surface area (Å²) in [5.41, 5.74) is 12.2. The average Bonchev–Trinajstić information content (AvgIpc) is 2.78. The third-order valence-electron chi connectivity index (χ3n) is 4.25. The quantitative estimate of drug-likeness (QED) is 0.201. The predicted octanol–water partition coefficient (Wildman–Crippen LogP) is 0.793. The molecular weight excluding hydrogens is 459 g/mol. The van der Waals surface area contributed by atoms with Crippen molar-refractivity contribution >= 4 is 46.8 Å². The summed E-state index contributed by atoms with van der Waals surface area (Å²) in [6.07, 6.45) is 1.90. The zero-order chi connectivity index (χ0) is 24.5. The van der Waals surface area contributed by atoms with Crippen LogP contribution >= 0.6 is 23.2 Å². The number of carboxylic acid groups (broad SMARTS) is 1. The Morgan fingerprint density at radius 2 is 1.59 bits per heavy atom. The van der Waals surface area contributed by atoms with E-state index >= 15 is 0 Å². The second kappa shape index (κ2) is 17.4. The maximum Gasteiger partial charge on any atom is 0.326 e. The number of rotatable bonds is 13. The third kappa shape index (κ3) is 13.3. The Morgan fingerprint density at radius 3 is 2.06 bits per heavy atom. The third-order valence-corrected chi connectivity index (χ3v) is 4.84. The molecule has 3 atom stereocenters. The van der Waals surface area contributed by atoms with Gasteiger partial charge in [-0.25, -0.2) is 4.79 Å². The molecule has 1 aromatic rings. The standard InChI is InChI=1S/C18H28N4O4.C3H4Cl2O/c1-12(16(23)22-15(18(25)26)9-5-6-10-19)21-17(24)14(20)11-13-7-3-2-4-8-13;4-1-3(6)2-5/h2-4,7-8,12,14-15H,5-6,9-11,19-20H2,1H3,(H,21,24)(H,22,23)(H,25,26);1-2H2. The van der Waals surface area contributed by atoms with Crippen LogP contribution in [0.2, 0.25) is 0 Å². The summed E-state index contributed by atoms with van der Waals surface area (Å²) in [6.45, 7) is 1.95. The zero-order valence-electron chi connectivity index (χ0n) is 18.1. The van der Waals surface area contributed by atoms with Gasteiger partial charge in [-0.2, -0.15) is 0 Å². The molecular formula is C21H32Cl2N4O5. The first kappa shape index (κ1) is 29.8. The van der Waals surface area contributed by atoms with E-state index in [1.165, 1.54) is 6.92 Å². The number of unbranched alkanes of at least 4 members (excludes halogenated alkanes) is 1. The highest BCUT2D eigenvalue weighted by Crippen LogP contribution is 2.03. The number of carbonyl (C=O) groups is 4. The van der Waals surface area contributed by atoms with Crippen molar-refractivity contribution in [1.82, 2.24) is 10.6 Å². The van der Waals surface area contributed by atoms with Crippen LogP contribution in [0.1, 0.15) is 31.7 Å². The number of carbonyl (C=O) groups excluding carboxylic acids is 3. The Hall–Kier alpha value is -2.20. The van der Waals surface area contributed by atoms with E-state index in [4.69, 9.17) is 34.7 Å². The van der Waals surface area contributed by atoms with Gasteiger partial charge < -0.3 is 27.2 Å². The molecule has 1 aromatic carbocycles. The molecule has 0 aliphatic heterocycles. The summed E-state index contributed by atoms with van der Waals surface area (Å²) in [7, 11) is 0. The SMILES string of the molecule is CC(NC(=O)C(N)Cc1ccccc1)C(=O)NC(CCCCN)C(=O)O.O=C(CCl)CCl. The lowest BCUT2D eigenvalue weighted by atomic mass is 10.1. The number of nitrogens with two attached hydrogens (primary N) is 2. The number of aliphatic carboxylic acids is 1. The number of ketones is 1. The normalized spacial score (nSPS) is 13.0. The second-order valence-corrected chi connectivity index (χ2v) is 7.55. The largest absolute Gasteiger partial charge is 0.480 e. The minimum Gasteiger partial charge on any atom is -0.480 e. The number of nitrogens with one attached hydrogen (secondary N) is 2. The maximum absolute atomic E-state index is 12.2. The number of carboxylic acids is 1. The molecule has 0 saturated carbocycles. The Morgan fingerprint density at radius 1 is 1.00 bits per heavy atom. The lowest BCUT2D eigenvalue weighted by Crippen LogP contribution is -2.53. The summed E-state index contributed by atoms with van der Waals surface area (Å²) in [5.74, 6) is -2.21. The maximum atomic E-state index is 12.2. The summed E-state index contributed by atoms with van der Waals surface area (Å²) < 4.78 is 0. The minimum atomic E-state index is -1.12. The molecule has 0 aromatic heterocycles. The number of halogens is 2. The van der Waals surface area contributed by atoms with E-state index < -0.39 is 35.9 Å². The lowest BCUT2D eigenvalue weighted by molar-refractivity contribution is -0.142. The average molecular weight is 491 g/mol. The fourth-order valence-electron chi connectivity index (χ4n) is 2.43. The molecule has 2 amide bonds. The van der Waals surface area contributed by atoms with Gasteiger partial charge in [-0.05, 0) is 44.7 Å². The van der Waals surface area contributed by atoms with Gasteiger partial charge in [-0.3, -0.25) is 14.4 Å². The first-order valence-corrected chi connectivity index (χ1v) is 11.2. The van der Waals surface area contributed by atoms with Gasteiger partial charge in [0, 0.05) is 0 Å². The van der Waals surface area contributed by atoms with Crippen LogP contribution in [-0.4, -0.2) is 65.1 Å². The molecule has 0 aliphatic rings. The number of Topliss-reactive ketones (excluding diaryl/α,β-unsaturated/α-hetero) is 1. The van der Waals surface area contributed by atoms with Gasteiger partial charge in [-0.1, -0.05) is 30.3 Å². The van der Waals surface area contributed by atoms with Crippen molar-refractivity contribution < 1.29 is 24.3 Å². The highest BCUT2D eigenvalue weighted by atomic mass is 35.5. The zero-order valence-corrected chi connectivity index (χ0v) is 19.6. The molecule has 0 bridgehead atoms. The molecule has 32 heavy (non-hydrogen) atoms. The molecule has 1 rings (SSSR count). The van der Waals surface area contributed by atoms with Crippen LogP contribution in [0.3, 0.4) is 0 Å². The van der Waals surface area contributed by atoms with Crippen molar-refractivity contribution in [3.05, 3.63) is 35.9 Å². The smallest absolute Gasteiger partial charge is 0.326 e. The lowest BCUT2D eigenvalue weighted by Gasteiger charge is -2.20. The fourth-order valence-corrected chi connectivity index (χ4v) is 2.72. The van der Waals surface area contributed by atoms with Gasteiger partial charge in [0.1, 0.15) is 12.1 Å². The van der Waals surface area contributed by atoms with Crippen molar-refractivity contribution in [2.75, 3.05) is 18.3 Å². The molecule has 3 unspecified atom stereocenters. The number of alkyl halides is 2. The van der Waals surface area contributed by atoms with Crippen LogP contribution in [0.4, 0.5) is 0 Å². The number of amides is 2. The van der Waals surface area contributed by atoms with E-state index in [1.807, 2.05) is 30.3 Å². The highest BCUT2D eigenvalue weighted by Gasteiger charge is 2.25. The van der Waals surface area contributed by atoms with E-state index in [2.05, 4.69) is 10.6 Å². The van der Waals surface area contributed by atoms with Crippen LogP contribution in [0.5, 0.6) is 0 Å². The highest BCUT2D eigenvalue weighted by molar-refractivity contribution is 6.35. The van der Waals surface area contributed by atoms with Crippen LogP contribution < -0.4 is 22.1 Å². The monoisotopic (exact) mass is 490 g/mol. The van der Waals surface area contributed by atoms with Crippen LogP contribution in [0.15, 0.2) is 30.3 Å².